The van der Waals surface area contributed by atoms with E-state index in [0.29, 0.717) is 12.8 Å². The van der Waals surface area contributed by atoms with Crippen LogP contribution in [0.15, 0.2) is 23.3 Å². The molecule has 1 aromatic heterocycles. The van der Waals surface area contributed by atoms with Gasteiger partial charge in [0.25, 0.3) is 5.91 Å². The van der Waals surface area contributed by atoms with Crippen LogP contribution in [0.2, 0.25) is 0 Å². The van der Waals surface area contributed by atoms with Gasteiger partial charge in [0.05, 0.1) is 0 Å². The second kappa shape index (κ2) is 6.07. The third-order valence-corrected chi connectivity index (χ3v) is 2.24. The molecule has 0 bridgehead atoms. The molecule has 1 heterocycles. The Labute approximate surface area is 93.5 Å². The normalized spacial score (nSPS) is 12.1. The van der Waals surface area contributed by atoms with E-state index in [9.17, 15) is 9.59 Å². The molecule has 1 aromatic rings. The van der Waals surface area contributed by atoms with Crippen molar-refractivity contribution >= 4 is 5.91 Å². The van der Waals surface area contributed by atoms with Crippen LogP contribution in [0.4, 0.5) is 0 Å². The number of aliphatic hydroxyl groups excluding tert-OH is 1. The third kappa shape index (κ3) is 3.51. The van der Waals surface area contributed by atoms with Gasteiger partial charge in [0, 0.05) is 31.1 Å². The fourth-order valence-corrected chi connectivity index (χ4v) is 1.36. The Morgan fingerprint density at radius 3 is 3.00 bits per heavy atom. The van der Waals surface area contributed by atoms with Crippen molar-refractivity contribution in [3.63, 3.8) is 0 Å². The average molecular weight is 224 g/mol. The number of hydrogen-bond donors (Lipinski definition) is 3. The molecule has 0 radical (unpaired) electrons. The highest BCUT2D eigenvalue weighted by Gasteiger charge is 2.11. The molecule has 5 nitrogen and oxygen atoms in total. The highest BCUT2D eigenvalue weighted by Crippen LogP contribution is 1.97. The van der Waals surface area contributed by atoms with E-state index in [2.05, 4.69) is 10.3 Å². The van der Waals surface area contributed by atoms with Gasteiger partial charge in [-0.15, -0.1) is 0 Å². The molecular formula is C11H16N2O3. The van der Waals surface area contributed by atoms with E-state index in [1.54, 1.807) is 0 Å². The van der Waals surface area contributed by atoms with Crippen LogP contribution in [0.25, 0.3) is 0 Å². The predicted molar refractivity (Wildman–Crippen MR) is 60.3 cm³/mol. The van der Waals surface area contributed by atoms with E-state index in [-0.39, 0.29) is 29.5 Å². The Bertz CT molecular complexity index is 400. The molecular weight excluding hydrogens is 208 g/mol. The summed E-state index contributed by atoms with van der Waals surface area (Å²) >= 11 is 0. The topological polar surface area (TPSA) is 82.2 Å². The fraction of sp³-hybridized carbons (Fsp3) is 0.455. The number of aromatic nitrogens is 1. The largest absolute Gasteiger partial charge is 0.396 e. The first-order chi connectivity index (χ1) is 7.65. The lowest BCUT2D eigenvalue weighted by Gasteiger charge is -2.12. The molecule has 0 spiro atoms. The van der Waals surface area contributed by atoms with Crippen molar-refractivity contribution in [1.82, 2.24) is 10.3 Å². The lowest BCUT2D eigenvalue weighted by Crippen LogP contribution is -2.35. The van der Waals surface area contributed by atoms with Crippen LogP contribution in [0, 0.1) is 0 Å². The lowest BCUT2D eigenvalue weighted by molar-refractivity contribution is 0.0935. The van der Waals surface area contributed by atoms with Crippen molar-refractivity contribution in [2.75, 3.05) is 6.61 Å². The van der Waals surface area contributed by atoms with Crippen LogP contribution in [0.1, 0.15) is 30.1 Å². The molecule has 0 aliphatic rings. The summed E-state index contributed by atoms with van der Waals surface area (Å²) in [5.41, 5.74) is -0.191. The number of pyridine rings is 1. The number of aromatic amines is 1. The van der Waals surface area contributed by atoms with Gasteiger partial charge in [0.2, 0.25) is 0 Å². The summed E-state index contributed by atoms with van der Waals surface area (Å²) in [4.78, 5) is 25.7. The second-order valence-corrected chi connectivity index (χ2v) is 3.66. The standard InChI is InChI=1S/C11H16N2O3/c1-8(3-2-6-14)13-11(16)9-7-12-5-4-10(9)15/h4-5,7-8,14H,2-3,6H2,1H3,(H,12,15)(H,13,16). The van der Waals surface area contributed by atoms with Gasteiger partial charge in [0.1, 0.15) is 5.56 Å². The van der Waals surface area contributed by atoms with E-state index < -0.39 is 0 Å². The van der Waals surface area contributed by atoms with Gasteiger partial charge < -0.3 is 15.4 Å². The van der Waals surface area contributed by atoms with Gasteiger partial charge >= 0.3 is 0 Å². The number of amides is 1. The lowest BCUT2D eigenvalue weighted by atomic mass is 10.1. The van der Waals surface area contributed by atoms with Crippen LogP contribution < -0.4 is 10.7 Å². The summed E-state index contributed by atoms with van der Waals surface area (Å²) in [7, 11) is 0. The summed E-state index contributed by atoms with van der Waals surface area (Å²) < 4.78 is 0. The van der Waals surface area contributed by atoms with Crippen molar-refractivity contribution in [3.8, 4) is 0 Å². The summed E-state index contributed by atoms with van der Waals surface area (Å²) in [5, 5.41) is 11.3. The molecule has 1 unspecified atom stereocenters. The summed E-state index contributed by atoms with van der Waals surface area (Å²) in [5.74, 6) is -0.382. The first-order valence-electron chi connectivity index (χ1n) is 5.24. The molecule has 1 atom stereocenters. The molecule has 1 amide bonds. The smallest absolute Gasteiger partial charge is 0.256 e. The number of H-pyrrole nitrogens is 1. The molecule has 0 aromatic carbocycles. The molecule has 0 saturated carbocycles. The summed E-state index contributed by atoms with van der Waals surface area (Å²) in [6, 6.07) is 1.26. The van der Waals surface area contributed by atoms with E-state index in [1.807, 2.05) is 6.92 Å². The van der Waals surface area contributed by atoms with Crippen LogP contribution in [0.3, 0.4) is 0 Å². The minimum Gasteiger partial charge on any atom is -0.396 e. The van der Waals surface area contributed by atoms with E-state index >= 15 is 0 Å². The maximum absolute atomic E-state index is 11.6. The molecule has 88 valence electrons. The number of nitrogens with one attached hydrogen (secondary N) is 2. The van der Waals surface area contributed by atoms with Gasteiger partial charge in [-0.3, -0.25) is 9.59 Å². The van der Waals surface area contributed by atoms with Gasteiger partial charge in [0.15, 0.2) is 5.43 Å². The Kier molecular flexibility index (Phi) is 4.72. The first kappa shape index (κ1) is 12.4. The highest BCUT2D eigenvalue weighted by molar-refractivity contribution is 5.93. The number of rotatable bonds is 5. The van der Waals surface area contributed by atoms with E-state index in [1.165, 1.54) is 18.5 Å². The Hall–Kier alpha value is -1.62. The van der Waals surface area contributed by atoms with Crippen molar-refractivity contribution < 1.29 is 9.90 Å². The van der Waals surface area contributed by atoms with Crippen molar-refractivity contribution in [2.45, 2.75) is 25.8 Å². The zero-order valence-corrected chi connectivity index (χ0v) is 9.19. The number of aliphatic hydroxyl groups is 1. The Morgan fingerprint density at radius 1 is 1.62 bits per heavy atom. The second-order valence-electron chi connectivity index (χ2n) is 3.66. The van der Waals surface area contributed by atoms with Crippen molar-refractivity contribution in [3.05, 3.63) is 34.2 Å². The molecule has 0 aliphatic heterocycles. The molecule has 5 heteroatoms. The fourth-order valence-electron chi connectivity index (χ4n) is 1.36. The maximum Gasteiger partial charge on any atom is 0.256 e. The number of carbonyl (C=O) groups excluding carboxylic acids is 1. The van der Waals surface area contributed by atoms with Gasteiger partial charge in [-0.05, 0) is 19.8 Å². The molecule has 3 N–H and O–H groups in total. The Balaban J connectivity index is 2.59. The van der Waals surface area contributed by atoms with Crippen LogP contribution >= 0.6 is 0 Å². The third-order valence-electron chi connectivity index (χ3n) is 2.24. The SMILES string of the molecule is CC(CCCO)NC(=O)c1c[nH]ccc1=O. The minimum absolute atomic E-state index is 0.0562. The quantitative estimate of drug-likeness (QED) is 0.671. The van der Waals surface area contributed by atoms with E-state index in [0.717, 1.165) is 0 Å². The number of hydrogen-bond acceptors (Lipinski definition) is 3. The van der Waals surface area contributed by atoms with Gasteiger partial charge in [-0.2, -0.15) is 0 Å². The van der Waals surface area contributed by atoms with Gasteiger partial charge in [-0.1, -0.05) is 0 Å². The van der Waals surface area contributed by atoms with Crippen LogP contribution in [-0.4, -0.2) is 28.6 Å². The first-order valence-corrected chi connectivity index (χ1v) is 5.24. The highest BCUT2D eigenvalue weighted by atomic mass is 16.3. The minimum atomic E-state index is -0.382. The van der Waals surface area contributed by atoms with Crippen molar-refractivity contribution in [1.29, 1.82) is 0 Å². The van der Waals surface area contributed by atoms with Crippen LogP contribution in [-0.2, 0) is 0 Å². The maximum atomic E-state index is 11.6. The molecule has 16 heavy (non-hydrogen) atoms. The average Bonchev–Trinajstić information content (AvgIpc) is 2.26. The van der Waals surface area contributed by atoms with E-state index in [4.69, 9.17) is 5.11 Å². The zero-order chi connectivity index (χ0) is 12.0. The summed E-state index contributed by atoms with van der Waals surface area (Å²) in [6.07, 6.45) is 4.18. The monoisotopic (exact) mass is 224 g/mol. The number of carbonyl (C=O) groups is 1. The molecule has 0 aliphatic carbocycles. The van der Waals surface area contributed by atoms with Gasteiger partial charge in [-0.25, -0.2) is 0 Å². The molecule has 0 fully saturated rings. The summed E-state index contributed by atoms with van der Waals surface area (Å²) in [6.45, 7) is 1.94. The predicted octanol–water partition coefficient (Wildman–Crippen LogP) is 0.266. The van der Waals surface area contributed by atoms with Crippen molar-refractivity contribution in [2.24, 2.45) is 0 Å². The Morgan fingerprint density at radius 2 is 2.38 bits per heavy atom. The molecule has 0 saturated heterocycles. The van der Waals surface area contributed by atoms with Crippen LogP contribution in [0.5, 0.6) is 0 Å². The zero-order valence-electron chi connectivity index (χ0n) is 9.19. The molecule has 1 rings (SSSR count).